The largest absolute Gasteiger partial charge is 0.143 e. The van der Waals surface area contributed by atoms with Gasteiger partial charge in [0, 0.05) is 14.3 Å². The molecular weight excluding hydrogens is 220 g/mol. The number of thiophene rings is 2. The van der Waals surface area contributed by atoms with Crippen LogP contribution >= 0.6 is 22.7 Å². The minimum absolute atomic E-state index is 0.984. The lowest BCUT2D eigenvalue weighted by atomic mass is 10.0. The molecule has 0 aliphatic heterocycles. The van der Waals surface area contributed by atoms with Crippen LogP contribution in [0.4, 0.5) is 0 Å². The lowest BCUT2D eigenvalue weighted by Gasteiger charge is -2.05. The molecule has 2 heterocycles. The number of rotatable bonds is 2. The predicted molar refractivity (Wildman–Crippen MR) is 70.1 cm³/mol. The lowest BCUT2D eigenvalue weighted by molar-refractivity contribution is 0.551. The fraction of sp³-hybridized carbons (Fsp3) is 0.538. The van der Waals surface area contributed by atoms with Crippen molar-refractivity contribution >= 4 is 32.1 Å². The molecule has 0 saturated heterocycles. The van der Waals surface area contributed by atoms with Crippen LogP contribution in [0.25, 0.3) is 9.40 Å². The van der Waals surface area contributed by atoms with Crippen molar-refractivity contribution in [3.63, 3.8) is 0 Å². The third-order valence-electron chi connectivity index (χ3n) is 3.43. The van der Waals surface area contributed by atoms with Gasteiger partial charge >= 0.3 is 0 Å². The second kappa shape index (κ2) is 3.91. The highest BCUT2D eigenvalue weighted by Crippen LogP contribution is 2.36. The molecule has 1 aliphatic rings. The zero-order chi connectivity index (χ0) is 10.3. The normalized spacial score (nSPS) is 17.9. The molecule has 0 spiro atoms. The maximum Gasteiger partial charge on any atom is 0.0482 e. The Kier molecular flexibility index (Phi) is 2.57. The van der Waals surface area contributed by atoms with Gasteiger partial charge in [0.05, 0.1) is 0 Å². The summed E-state index contributed by atoms with van der Waals surface area (Å²) in [5, 5.41) is 2.28. The predicted octanol–water partition coefficient (Wildman–Crippen LogP) is 5.00. The maximum atomic E-state index is 2.43. The van der Waals surface area contributed by atoms with E-state index in [0.29, 0.717) is 0 Å². The number of aryl methyl sites for hydroxylation is 1. The summed E-state index contributed by atoms with van der Waals surface area (Å²) in [4.78, 5) is 1.62. The highest BCUT2D eigenvalue weighted by Gasteiger charge is 2.17. The van der Waals surface area contributed by atoms with Crippen molar-refractivity contribution < 1.29 is 0 Å². The Bertz CT molecular complexity index is 458. The molecule has 0 bridgehead atoms. The highest BCUT2D eigenvalue weighted by atomic mass is 32.1. The third-order valence-corrected chi connectivity index (χ3v) is 5.90. The average Bonchev–Trinajstić information content (AvgIpc) is 2.88. The summed E-state index contributed by atoms with van der Waals surface area (Å²) in [5.41, 5.74) is 1.47. The average molecular weight is 236 g/mol. The molecule has 15 heavy (non-hydrogen) atoms. The highest BCUT2D eigenvalue weighted by molar-refractivity contribution is 7.27. The number of hydrogen-bond acceptors (Lipinski definition) is 2. The quantitative estimate of drug-likeness (QED) is 0.688. The number of fused-ring (bicyclic) bond motifs is 1. The van der Waals surface area contributed by atoms with E-state index in [0.717, 1.165) is 5.92 Å². The van der Waals surface area contributed by atoms with Crippen molar-refractivity contribution in [2.45, 2.75) is 39.0 Å². The third kappa shape index (κ3) is 1.85. The minimum Gasteiger partial charge on any atom is -0.143 e. The fourth-order valence-corrected chi connectivity index (χ4v) is 5.05. The van der Waals surface area contributed by atoms with Crippen LogP contribution in [0.15, 0.2) is 11.4 Å². The van der Waals surface area contributed by atoms with E-state index in [1.807, 2.05) is 22.7 Å². The molecular formula is C13H16S2. The molecule has 1 fully saturated rings. The van der Waals surface area contributed by atoms with Gasteiger partial charge in [-0.05, 0) is 36.3 Å². The Morgan fingerprint density at radius 2 is 2.13 bits per heavy atom. The van der Waals surface area contributed by atoms with Crippen LogP contribution in [0.5, 0.6) is 0 Å². The monoisotopic (exact) mass is 236 g/mol. The smallest absolute Gasteiger partial charge is 0.0482 e. The van der Waals surface area contributed by atoms with Gasteiger partial charge in [-0.2, -0.15) is 0 Å². The van der Waals surface area contributed by atoms with Crippen LogP contribution in [-0.2, 0) is 6.42 Å². The van der Waals surface area contributed by atoms with Gasteiger partial charge in [-0.1, -0.05) is 25.7 Å². The Labute approximate surface area is 98.9 Å². The first-order valence-corrected chi connectivity index (χ1v) is 7.49. The van der Waals surface area contributed by atoms with Gasteiger partial charge in [0.1, 0.15) is 0 Å². The topological polar surface area (TPSA) is 0 Å². The second-order valence-corrected chi connectivity index (χ2v) is 6.73. The summed E-state index contributed by atoms with van der Waals surface area (Å²) in [7, 11) is 0. The van der Waals surface area contributed by atoms with Crippen molar-refractivity contribution in [2.24, 2.45) is 5.92 Å². The molecule has 0 atom stereocenters. The van der Waals surface area contributed by atoms with Crippen LogP contribution in [0, 0.1) is 12.8 Å². The lowest BCUT2D eigenvalue weighted by Crippen LogP contribution is -1.95. The molecule has 80 valence electrons. The first-order valence-electron chi connectivity index (χ1n) is 5.79. The van der Waals surface area contributed by atoms with E-state index in [-0.39, 0.29) is 0 Å². The summed E-state index contributed by atoms with van der Waals surface area (Å²) < 4.78 is 3.04. The van der Waals surface area contributed by atoms with E-state index < -0.39 is 0 Å². The van der Waals surface area contributed by atoms with Gasteiger partial charge in [0.2, 0.25) is 0 Å². The Morgan fingerprint density at radius 3 is 2.87 bits per heavy atom. The van der Waals surface area contributed by atoms with Crippen molar-refractivity contribution in [3.8, 4) is 0 Å². The molecule has 1 saturated carbocycles. The Hall–Kier alpha value is -0.340. The van der Waals surface area contributed by atoms with Crippen LogP contribution < -0.4 is 0 Å². The molecule has 0 N–H and O–H groups in total. The first kappa shape index (κ1) is 9.86. The van der Waals surface area contributed by atoms with E-state index in [1.165, 1.54) is 47.1 Å². The van der Waals surface area contributed by atoms with E-state index in [2.05, 4.69) is 18.4 Å². The molecule has 0 nitrogen and oxygen atoms in total. The van der Waals surface area contributed by atoms with Crippen LogP contribution in [0.2, 0.25) is 0 Å². The molecule has 0 aromatic carbocycles. The first-order chi connectivity index (χ1) is 7.33. The van der Waals surface area contributed by atoms with Crippen molar-refractivity contribution in [3.05, 3.63) is 21.9 Å². The van der Waals surface area contributed by atoms with E-state index in [9.17, 15) is 0 Å². The van der Waals surface area contributed by atoms with E-state index in [4.69, 9.17) is 0 Å². The summed E-state index contributed by atoms with van der Waals surface area (Å²) in [5.74, 6) is 0.984. The van der Waals surface area contributed by atoms with Gasteiger partial charge < -0.3 is 0 Å². The summed E-state index contributed by atoms with van der Waals surface area (Å²) in [6.07, 6.45) is 7.19. The zero-order valence-electron chi connectivity index (χ0n) is 9.08. The maximum absolute atomic E-state index is 2.43. The summed E-state index contributed by atoms with van der Waals surface area (Å²) in [6, 6.07) is 2.43. The van der Waals surface area contributed by atoms with Gasteiger partial charge in [0.25, 0.3) is 0 Å². The van der Waals surface area contributed by atoms with Crippen LogP contribution in [0.1, 0.15) is 36.1 Å². The molecule has 1 aliphatic carbocycles. The summed E-state index contributed by atoms with van der Waals surface area (Å²) in [6.45, 7) is 2.23. The van der Waals surface area contributed by atoms with Crippen molar-refractivity contribution in [1.82, 2.24) is 0 Å². The molecule has 0 amide bonds. The van der Waals surface area contributed by atoms with Gasteiger partial charge in [0.15, 0.2) is 0 Å². The van der Waals surface area contributed by atoms with Gasteiger partial charge in [-0.25, -0.2) is 0 Å². The van der Waals surface area contributed by atoms with Crippen LogP contribution in [0.3, 0.4) is 0 Å². The molecule has 0 radical (unpaired) electrons. The summed E-state index contributed by atoms with van der Waals surface area (Å²) >= 11 is 3.93. The standard InChI is InChI=1S/C13H16S2/c1-9-8-14-12-7-11(15-13(9)12)6-10-4-2-3-5-10/h7-8,10H,2-6H2,1H3. The zero-order valence-corrected chi connectivity index (χ0v) is 10.7. The van der Waals surface area contributed by atoms with Gasteiger partial charge in [-0.3, -0.25) is 0 Å². The van der Waals surface area contributed by atoms with Crippen molar-refractivity contribution in [2.75, 3.05) is 0 Å². The molecule has 3 rings (SSSR count). The molecule has 0 unspecified atom stereocenters. The molecule has 2 heteroatoms. The van der Waals surface area contributed by atoms with Gasteiger partial charge in [-0.15, -0.1) is 22.7 Å². The molecule has 2 aromatic rings. The molecule has 2 aromatic heterocycles. The van der Waals surface area contributed by atoms with E-state index in [1.54, 1.807) is 4.88 Å². The second-order valence-electron chi connectivity index (χ2n) is 4.68. The fourth-order valence-electron chi connectivity index (χ4n) is 2.59. The minimum atomic E-state index is 0.984. The Balaban J connectivity index is 1.84. The van der Waals surface area contributed by atoms with Crippen molar-refractivity contribution in [1.29, 1.82) is 0 Å². The number of hydrogen-bond donors (Lipinski definition) is 0. The SMILES string of the molecule is Cc1csc2cc(CC3CCCC3)sc12. The van der Waals surface area contributed by atoms with Crippen LogP contribution in [-0.4, -0.2) is 0 Å². The Morgan fingerprint density at radius 1 is 1.33 bits per heavy atom. The van der Waals surface area contributed by atoms with E-state index >= 15 is 0 Å².